The fraction of sp³-hybridized carbons (Fsp3) is 0.471. The number of ether oxygens (including phenoxy) is 3. The Morgan fingerprint density at radius 3 is 2.85 bits per heavy atom. The number of hydrogen-bond donors (Lipinski definition) is 2. The molecule has 9 heteroatoms. The lowest BCUT2D eigenvalue weighted by atomic mass is 10.1. The van der Waals surface area contributed by atoms with E-state index in [0.29, 0.717) is 30.6 Å². The maximum atomic E-state index is 11.7. The van der Waals surface area contributed by atoms with Crippen LogP contribution in [0.5, 0.6) is 0 Å². The number of furan rings is 1. The number of anilines is 1. The number of aromatic nitrogens is 2. The van der Waals surface area contributed by atoms with E-state index in [4.69, 9.17) is 18.6 Å². The second-order valence-electron chi connectivity index (χ2n) is 6.20. The Labute approximate surface area is 150 Å². The van der Waals surface area contributed by atoms with Crippen molar-refractivity contribution in [1.29, 1.82) is 0 Å². The largest absolute Gasteiger partial charge is 0.463 e. The molecule has 4 atom stereocenters. The normalized spacial score (nSPS) is 27.3. The smallest absolute Gasteiger partial charge is 0.246 e. The summed E-state index contributed by atoms with van der Waals surface area (Å²) in [6.45, 7) is 0.861. The van der Waals surface area contributed by atoms with Crippen molar-refractivity contribution in [3.05, 3.63) is 30.7 Å². The van der Waals surface area contributed by atoms with Gasteiger partial charge in [0.1, 0.15) is 24.5 Å². The zero-order valence-electron chi connectivity index (χ0n) is 14.3. The van der Waals surface area contributed by atoms with Gasteiger partial charge in [0.25, 0.3) is 0 Å². The van der Waals surface area contributed by atoms with Gasteiger partial charge in [0.2, 0.25) is 11.9 Å². The van der Waals surface area contributed by atoms with Gasteiger partial charge in [0.05, 0.1) is 31.6 Å². The monoisotopic (exact) mass is 360 g/mol. The maximum Gasteiger partial charge on any atom is 0.246 e. The van der Waals surface area contributed by atoms with Crippen molar-refractivity contribution < 1.29 is 23.4 Å². The van der Waals surface area contributed by atoms with E-state index < -0.39 is 0 Å². The molecule has 0 aromatic carbocycles. The first-order chi connectivity index (χ1) is 12.7. The van der Waals surface area contributed by atoms with Gasteiger partial charge < -0.3 is 29.3 Å². The first kappa shape index (κ1) is 17.0. The van der Waals surface area contributed by atoms with E-state index in [9.17, 15) is 4.79 Å². The Balaban J connectivity index is 1.40. The van der Waals surface area contributed by atoms with Crippen LogP contribution in [0.2, 0.25) is 0 Å². The lowest BCUT2D eigenvalue weighted by Gasteiger charge is -2.18. The summed E-state index contributed by atoms with van der Waals surface area (Å²) in [5.41, 5.74) is 0.694. The number of amides is 1. The predicted octanol–water partition coefficient (Wildman–Crippen LogP) is 0.446. The molecular formula is C17H20N4O5. The molecular weight excluding hydrogens is 340 g/mol. The number of hydrogen-bond acceptors (Lipinski definition) is 8. The Hall–Kier alpha value is -2.49. The molecule has 2 aromatic rings. The number of carbonyl (C=O) groups excluding carboxylic acids is 1. The van der Waals surface area contributed by atoms with Crippen molar-refractivity contribution in [2.24, 2.45) is 0 Å². The molecule has 0 bridgehead atoms. The lowest BCUT2D eigenvalue weighted by Crippen LogP contribution is -2.45. The molecule has 2 N–H and O–H groups in total. The van der Waals surface area contributed by atoms with Gasteiger partial charge >= 0.3 is 0 Å². The van der Waals surface area contributed by atoms with Crippen LogP contribution in [-0.4, -0.2) is 67.1 Å². The minimum absolute atomic E-state index is 0.0168. The van der Waals surface area contributed by atoms with Gasteiger partial charge in [-0.25, -0.2) is 9.97 Å². The highest BCUT2D eigenvalue weighted by Crippen LogP contribution is 2.29. The summed E-state index contributed by atoms with van der Waals surface area (Å²) >= 11 is 0. The molecule has 2 fully saturated rings. The third kappa shape index (κ3) is 3.41. The third-order valence-electron chi connectivity index (χ3n) is 4.42. The highest BCUT2D eigenvalue weighted by atomic mass is 16.6. The molecule has 0 unspecified atom stereocenters. The van der Waals surface area contributed by atoms with Crippen LogP contribution in [0, 0.1) is 0 Å². The molecule has 2 saturated heterocycles. The van der Waals surface area contributed by atoms with Crippen LogP contribution in [0.4, 0.5) is 5.95 Å². The van der Waals surface area contributed by atoms with E-state index in [2.05, 4.69) is 20.6 Å². The minimum Gasteiger partial charge on any atom is -0.463 e. The second kappa shape index (κ2) is 7.40. The second-order valence-corrected chi connectivity index (χ2v) is 6.20. The summed E-state index contributed by atoms with van der Waals surface area (Å²) in [4.78, 5) is 20.4. The van der Waals surface area contributed by atoms with E-state index in [1.54, 1.807) is 18.5 Å². The van der Waals surface area contributed by atoms with Crippen molar-refractivity contribution >= 4 is 11.9 Å². The van der Waals surface area contributed by atoms with Gasteiger partial charge in [-0.15, -0.1) is 0 Å². The van der Waals surface area contributed by atoms with Crippen LogP contribution in [0.1, 0.15) is 0 Å². The lowest BCUT2D eigenvalue weighted by molar-refractivity contribution is -0.126. The highest BCUT2D eigenvalue weighted by Gasteiger charge is 2.48. The molecule has 2 aliphatic heterocycles. The van der Waals surface area contributed by atoms with E-state index in [0.717, 1.165) is 0 Å². The van der Waals surface area contributed by atoms with Crippen LogP contribution < -0.4 is 10.6 Å². The number of fused-ring (bicyclic) bond motifs is 1. The first-order valence-corrected chi connectivity index (χ1v) is 8.39. The van der Waals surface area contributed by atoms with Crippen LogP contribution in [-0.2, 0) is 19.0 Å². The summed E-state index contributed by atoms with van der Waals surface area (Å²) in [6.07, 6.45) is 2.88. The van der Waals surface area contributed by atoms with E-state index >= 15 is 0 Å². The summed E-state index contributed by atoms with van der Waals surface area (Å²) in [5.74, 6) is 0.967. The molecule has 4 rings (SSSR count). The van der Waals surface area contributed by atoms with Crippen LogP contribution in [0.15, 0.2) is 35.1 Å². The Morgan fingerprint density at radius 1 is 1.27 bits per heavy atom. The Morgan fingerprint density at radius 2 is 2.08 bits per heavy atom. The maximum absolute atomic E-state index is 11.7. The summed E-state index contributed by atoms with van der Waals surface area (Å²) in [7, 11) is 1.48. The van der Waals surface area contributed by atoms with Crippen LogP contribution in [0.25, 0.3) is 11.5 Å². The van der Waals surface area contributed by atoms with Crippen molar-refractivity contribution in [1.82, 2.24) is 15.3 Å². The molecule has 138 valence electrons. The fourth-order valence-corrected chi connectivity index (χ4v) is 3.28. The van der Waals surface area contributed by atoms with E-state index in [1.165, 1.54) is 7.11 Å². The number of nitrogens with zero attached hydrogens (tertiary/aromatic N) is 2. The average Bonchev–Trinajstić information content (AvgIpc) is 3.36. The Kier molecular flexibility index (Phi) is 4.83. The topological polar surface area (TPSA) is 108 Å². The molecule has 0 aliphatic carbocycles. The van der Waals surface area contributed by atoms with Crippen LogP contribution in [0.3, 0.4) is 0 Å². The van der Waals surface area contributed by atoms with Gasteiger partial charge in [-0.3, -0.25) is 4.79 Å². The van der Waals surface area contributed by atoms with Gasteiger partial charge in [-0.2, -0.15) is 0 Å². The predicted molar refractivity (Wildman–Crippen MR) is 90.4 cm³/mol. The highest BCUT2D eigenvalue weighted by molar-refractivity contribution is 5.77. The number of carbonyl (C=O) groups is 1. The molecule has 2 aliphatic rings. The van der Waals surface area contributed by atoms with Crippen molar-refractivity contribution in [2.75, 3.05) is 32.2 Å². The number of methoxy groups -OCH3 is 1. The van der Waals surface area contributed by atoms with Gasteiger partial charge in [0.15, 0.2) is 5.76 Å². The summed E-state index contributed by atoms with van der Waals surface area (Å²) < 4.78 is 21.9. The number of nitrogens with one attached hydrogen (secondary N) is 2. The van der Waals surface area contributed by atoms with Gasteiger partial charge in [-0.05, 0) is 18.2 Å². The quantitative estimate of drug-likeness (QED) is 0.764. The molecule has 9 nitrogen and oxygen atoms in total. The number of rotatable bonds is 6. The zero-order valence-corrected chi connectivity index (χ0v) is 14.3. The zero-order chi connectivity index (χ0) is 17.9. The Bertz CT molecular complexity index is 753. The molecule has 1 amide bonds. The average molecular weight is 360 g/mol. The first-order valence-electron chi connectivity index (χ1n) is 8.39. The van der Waals surface area contributed by atoms with Crippen LogP contribution >= 0.6 is 0 Å². The van der Waals surface area contributed by atoms with Crippen molar-refractivity contribution in [3.63, 3.8) is 0 Å². The molecule has 0 radical (unpaired) electrons. The molecule has 4 heterocycles. The fourth-order valence-electron chi connectivity index (χ4n) is 3.28. The van der Waals surface area contributed by atoms with Gasteiger partial charge in [0, 0.05) is 13.3 Å². The van der Waals surface area contributed by atoms with Gasteiger partial charge in [-0.1, -0.05) is 0 Å². The standard InChI is InChI=1S/C17H20N4O5/c1-23-9-14(22)19-11-7-25-16-12(8-26-15(11)16)21-17-18-5-4-10(20-17)13-3-2-6-24-13/h2-6,11-12,15-16H,7-9H2,1H3,(H,19,22)(H,18,20,21)/t11-,12+,15-,16+/m1/s1. The van der Waals surface area contributed by atoms with E-state index in [1.807, 2.05) is 12.1 Å². The van der Waals surface area contributed by atoms with E-state index in [-0.39, 0.29) is 36.8 Å². The van der Waals surface area contributed by atoms with Crippen molar-refractivity contribution in [3.8, 4) is 11.5 Å². The minimum atomic E-state index is -0.207. The summed E-state index contributed by atoms with van der Waals surface area (Å²) in [5, 5.41) is 6.14. The third-order valence-corrected chi connectivity index (χ3v) is 4.42. The molecule has 0 saturated carbocycles. The molecule has 26 heavy (non-hydrogen) atoms. The summed E-state index contributed by atoms with van der Waals surface area (Å²) in [6, 6.07) is 5.14. The molecule has 0 spiro atoms. The van der Waals surface area contributed by atoms with Crippen molar-refractivity contribution in [2.45, 2.75) is 24.3 Å². The molecule has 2 aromatic heterocycles. The SMILES string of the molecule is COCC(=O)N[C@@H]1CO[C@@H]2[C@@H]1OC[C@@H]2Nc1nccc(-c2ccco2)n1.